The van der Waals surface area contributed by atoms with Crippen LogP contribution in [0.1, 0.15) is 23.5 Å². The Balaban J connectivity index is 1.72. The van der Waals surface area contributed by atoms with E-state index in [-0.39, 0.29) is 40.4 Å². The molecule has 1 atom stereocenters. The van der Waals surface area contributed by atoms with Gasteiger partial charge in [0.05, 0.1) is 26.2 Å². The van der Waals surface area contributed by atoms with Crippen LogP contribution >= 0.6 is 11.8 Å². The third-order valence-electron chi connectivity index (χ3n) is 6.18. The Kier molecular flexibility index (Phi) is 5.90. The highest BCUT2D eigenvalue weighted by Crippen LogP contribution is 2.46. The van der Waals surface area contributed by atoms with Crippen LogP contribution in [0.25, 0.3) is 22.1 Å². The van der Waals surface area contributed by atoms with Crippen molar-refractivity contribution < 1.29 is 28.5 Å². The molecule has 0 amide bonds. The van der Waals surface area contributed by atoms with Gasteiger partial charge < -0.3 is 23.7 Å². The van der Waals surface area contributed by atoms with E-state index in [1.165, 1.54) is 26.5 Å². The van der Waals surface area contributed by atoms with Crippen LogP contribution in [-0.2, 0) is 4.79 Å². The minimum absolute atomic E-state index is 0.0275. The van der Waals surface area contributed by atoms with Gasteiger partial charge in [0.2, 0.25) is 5.43 Å². The highest BCUT2D eigenvalue weighted by atomic mass is 32.2. The lowest BCUT2D eigenvalue weighted by molar-refractivity contribution is -0.135. The highest BCUT2D eigenvalue weighted by molar-refractivity contribution is 7.98. The van der Waals surface area contributed by atoms with Gasteiger partial charge in [-0.3, -0.25) is 9.59 Å². The van der Waals surface area contributed by atoms with Crippen molar-refractivity contribution in [1.29, 1.82) is 0 Å². The lowest BCUT2D eigenvalue weighted by Crippen LogP contribution is -2.22. The maximum atomic E-state index is 13.6. The summed E-state index contributed by atoms with van der Waals surface area (Å²) in [5.74, 6) is 0.0448. The van der Waals surface area contributed by atoms with Crippen molar-refractivity contribution in [3.05, 3.63) is 76.1 Å². The van der Waals surface area contributed by atoms with Crippen molar-refractivity contribution in [2.75, 3.05) is 20.5 Å². The molecule has 1 unspecified atom stereocenters. The van der Waals surface area contributed by atoms with Crippen molar-refractivity contribution in [2.24, 2.45) is 0 Å². The van der Waals surface area contributed by atoms with E-state index in [4.69, 9.17) is 18.6 Å². The van der Waals surface area contributed by atoms with E-state index in [1.54, 1.807) is 30.0 Å². The van der Waals surface area contributed by atoms with Gasteiger partial charge in [0, 0.05) is 22.4 Å². The molecule has 0 saturated heterocycles. The number of phenolic OH excluding ortho intramolecular Hbond substituents is 1. The Morgan fingerprint density at radius 2 is 1.74 bits per heavy atom. The van der Waals surface area contributed by atoms with E-state index >= 15 is 0 Å². The molecule has 0 saturated carbocycles. The predicted octanol–water partition coefficient (Wildman–Crippen LogP) is 5.35. The lowest BCUT2D eigenvalue weighted by Gasteiger charge is -2.26. The summed E-state index contributed by atoms with van der Waals surface area (Å²) in [6.07, 6.45) is 3.44. The molecule has 1 aliphatic heterocycles. The summed E-state index contributed by atoms with van der Waals surface area (Å²) in [6, 6.07) is 14.3. The summed E-state index contributed by atoms with van der Waals surface area (Å²) in [6.45, 7) is 0. The first-order chi connectivity index (χ1) is 16.9. The number of esters is 1. The Morgan fingerprint density at radius 1 is 1.00 bits per heavy atom. The van der Waals surface area contributed by atoms with Crippen molar-refractivity contribution in [3.8, 4) is 34.1 Å². The first kappa shape index (κ1) is 22.9. The monoisotopic (exact) mass is 490 g/mol. The van der Waals surface area contributed by atoms with Crippen LogP contribution in [0.3, 0.4) is 0 Å². The molecular weight excluding hydrogens is 468 g/mol. The number of carbonyl (C=O) groups is 1. The average Bonchev–Trinajstić information content (AvgIpc) is 2.87. The number of phenols is 1. The molecular formula is C27H22O7S. The van der Waals surface area contributed by atoms with Crippen LogP contribution in [0.2, 0.25) is 0 Å². The summed E-state index contributed by atoms with van der Waals surface area (Å²) < 4.78 is 22.1. The fraction of sp³-hybridized carbons (Fsp3) is 0.185. The fourth-order valence-corrected chi connectivity index (χ4v) is 4.86. The number of benzene rings is 3. The van der Waals surface area contributed by atoms with Crippen LogP contribution in [0, 0.1) is 0 Å². The van der Waals surface area contributed by atoms with E-state index in [0.717, 1.165) is 10.5 Å². The maximum absolute atomic E-state index is 13.6. The molecule has 1 N–H and O–H groups in total. The average molecular weight is 491 g/mol. The molecule has 35 heavy (non-hydrogen) atoms. The van der Waals surface area contributed by atoms with Crippen LogP contribution in [0.4, 0.5) is 0 Å². The largest absolute Gasteiger partial charge is 0.507 e. The Morgan fingerprint density at radius 3 is 2.43 bits per heavy atom. The second-order valence-corrected chi connectivity index (χ2v) is 8.94. The number of ether oxygens (including phenoxy) is 3. The van der Waals surface area contributed by atoms with Gasteiger partial charge in [-0.15, -0.1) is 11.8 Å². The number of aromatic hydroxyl groups is 1. The number of hydrogen-bond donors (Lipinski definition) is 1. The van der Waals surface area contributed by atoms with Crippen LogP contribution in [0.15, 0.2) is 68.9 Å². The molecule has 7 nitrogen and oxygen atoms in total. The third-order valence-corrected chi connectivity index (χ3v) is 6.93. The van der Waals surface area contributed by atoms with Gasteiger partial charge >= 0.3 is 5.97 Å². The maximum Gasteiger partial charge on any atom is 0.312 e. The number of carbonyl (C=O) groups excluding carboxylic acids is 1. The van der Waals surface area contributed by atoms with Crippen molar-refractivity contribution in [3.63, 3.8) is 0 Å². The molecule has 4 aromatic rings. The van der Waals surface area contributed by atoms with Gasteiger partial charge in [0.1, 0.15) is 28.7 Å². The fourth-order valence-electron chi connectivity index (χ4n) is 4.46. The normalized spacial score (nSPS) is 14.9. The van der Waals surface area contributed by atoms with Crippen molar-refractivity contribution in [1.82, 2.24) is 0 Å². The smallest absolute Gasteiger partial charge is 0.312 e. The van der Waals surface area contributed by atoms with Crippen molar-refractivity contribution in [2.45, 2.75) is 17.2 Å². The van der Waals surface area contributed by atoms with Gasteiger partial charge in [0.15, 0.2) is 11.5 Å². The molecule has 0 spiro atoms. The topological polar surface area (TPSA) is 95.2 Å². The number of methoxy groups -OCH3 is 2. The first-order valence-electron chi connectivity index (χ1n) is 10.8. The van der Waals surface area contributed by atoms with Gasteiger partial charge in [-0.1, -0.05) is 18.2 Å². The molecule has 1 aliphatic rings. The summed E-state index contributed by atoms with van der Waals surface area (Å²) in [5.41, 5.74) is 2.03. The zero-order valence-corrected chi connectivity index (χ0v) is 20.1. The van der Waals surface area contributed by atoms with E-state index in [1.807, 2.05) is 30.5 Å². The summed E-state index contributed by atoms with van der Waals surface area (Å²) in [7, 11) is 3.04. The molecule has 0 fully saturated rings. The number of fused-ring (bicyclic) bond motifs is 3. The second-order valence-electron chi connectivity index (χ2n) is 8.06. The quantitative estimate of drug-likeness (QED) is 0.227. The molecule has 2 heterocycles. The first-order valence-corrected chi connectivity index (χ1v) is 12.1. The van der Waals surface area contributed by atoms with E-state index < -0.39 is 11.4 Å². The van der Waals surface area contributed by atoms with Crippen LogP contribution in [0.5, 0.6) is 23.0 Å². The lowest BCUT2D eigenvalue weighted by atomic mass is 9.85. The van der Waals surface area contributed by atoms with Crippen molar-refractivity contribution >= 4 is 28.7 Å². The summed E-state index contributed by atoms with van der Waals surface area (Å²) >= 11 is 1.62. The van der Waals surface area contributed by atoms with Gasteiger partial charge in [-0.05, 0) is 41.6 Å². The summed E-state index contributed by atoms with van der Waals surface area (Å²) in [5, 5.41) is 10.8. The molecule has 178 valence electrons. The van der Waals surface area contributed by atoms with E-state index in [9.17, 15) is 14.7 Å². The number of hydrogen-bond acceptors (Lipinski definition) is 8. The number of rotatable bonds is 5. The molecule has 0 aliphatic carbocycles. The zero-order chi connectivity index (χ0) is 24.7. The Hall–Kier alpha value is -3.91. The molecule has 8 heteroatoms. The molecule has 0 bridgehead atoms. The van der Waals surface area contributed by atoms with Crippen LogP contribution in [-0.4, -0.2) is 31.6 Å². The minimum atomic E-state index is -0.417. The Labute approximate surface area is 205 Å². The molecule has 1 aromatic heterocycles. The predicted molar refractivity (Wildman–Crippen MR) is 133 cm³/mol. The van der Waals surface area contributed by atoms with Gasteiger partial charge in [-0.25, -0.2) is 0 Å². The van der Waals surface area contributed by atoms with Crippen LogP contribution < -0.4 is 19.6 Å². The molecule has 0 radical (unpaired) electrons. The standard InChI is InChI=1S/C27H22O7S/c1-31-20-9-6-15(10-21(20)32-2)18-13-33-27-24-17(14-4-7-16(35-3)8-5-14)11-23(29)34-22(24)12-19(28)25(27)26(18)30/h4-10,12-13,17,28H,11H2,1-3H3. The minimum Gasteiger partial charge on any atom is -0.507 e. The molecule has 3 aromatic carbocycles. The third kappa shape index (κ3) is 3.89. The highest BCUT2D eigenvalue weighted by Gasteiger charge is 2.33. The van der Waals surface area contributed by atoms with E-state index in [0.29, 0.717) is 22.6 Å². The zero-order valence-electron chi connectivity index (χ0n) is 19.3. The summed E-state index contributed by atoms with van der Waals surface area (Å²) in [4.78, 5) is 27.0. The number of thioether (sulfide) groups is 1. The van der Waals surface area contributed by atoms with Gasteiger partial charge in [-0.2, -0.15) is 0 Å². The van der Waals surface area contributed by atoms with Gasteiger partial charge in [0.25, 0.3) is 0 Å². The SMILES string of the molecule is COc1ccc(-c2coc3c4c(cc(O)c3c2=O)OC(=O)CC4c2ccc(SC)cc2)cc1OC. The second kappa shape index (κ2) is 9.03. The molecule has 5 rings (SSSR count). The van der Waals surface area contributed by atoms with E-state index in [2.05, 4.69) is 0 Å². The Bertz CT molecular complexity index is 1510.